The van der Waals surface area contributed by atoms with Gasteiger partial charge in [0.25, 0.3) is 0 Å². The van der Waals surface area contributed by atoms with Gasteiger partial charge < -0.3 is 4.90 Å². The summed E-state index contributed by atoms with van der Waals surface area (Å²) in [4.78, 5) is 2.53. The van der Waals surface area contributed by atoms with Gasteiger partial charge in [0.2, 0.25) is 0 Å². The molecular formula is C71H51N. The molecule has 0 unspecified atom stereocenters. The molecule has 0 atom stereocenters. The first-order chi connectivity index (χ1) is 35.5. The highest BCUT2D eigenvalue weighted by Crippen LogP contribution is 2.63. The monoisotopic (exact) mass is 917 g/mol. The second-order valence-electron chi connectivity index (χ2n) is 20.3. The van der Waals surface area contributed by atoms with Crippen LogP contribution >= 0.6 is 0 Å². The van der Waals surface area contributed by atoms with Gasteiger partial charge in [-0.25, -0.2) is 0 Å². The normalized spacial score (nSPS) is 14.6. The largest absolute Gasteiger partial charge is 0.310 e. The lowest BCUT2D eigenvalue weighted by atomic mass is 9.55. The third-order valence-electron chi connectivity index (χ3n) is 16.4. The van der Waals surface area contributed by atoms with E-state index < -0.39 is 10.8 Å². The van der Waals surface area contributed by atoms with Crippen LogP contribution in [-0.4, -0.2) is 0 Å². The highest BCUT2D eigenvalue weighted by molar-refractivity contribution is 5.93. The number of fused-ring (bicyclic) bond motifs is 12. The molecule has 3 aliphatic carbocycles. The van der Waals surface area contributed by atoms with Gasteiger partial charge in [0.1, 0.15) is 0 Å². The Morgan fingerprint density at radius 3 is 1.24 bits per heavy atom. The van der Waals surface area contributed by atoms with E-state index in [0.717, 1.165) is 17.1 Å². The molecule has 0 aliphatic heterocycles. The highest BCUT2D eigenvalue weighted by Gasteiger charge is 2.53. The van der Waals surface area contributed by atoms with Crippen LogP contribution in [0.25, 0.3) is 44.5 Å². The van der Waals surface area contributed by atoms with Gasteiger partial charge >= 0.3 is 0 Å². The second kappa shape index (κ2) is 16.1. The third-order valence-corrected chi connectivity index (χ3v) is 16.4. The Kier molecular flexibility index (Phi) is 9.44. The molecule has 0 radical (unpaired) electrons. The number of hydrogen-bond acceptors (Lipinski definition) is 1. The molecule has 1 nitrogen and oxygen atoms in total. The first-order valence-electron chi connectivity index (χ1n) is 25.3. The zero-order chi connectivity index (χ0) is 48.0. The summed E-state index contributed by atoms with van der Waals surface area (Å²) in [5.41, 5.74) is 24.9. The minimum atomic E-state index is -0.615. The summed E-state index contributed by atoms with van der Waals surface area (Å²) < 4.78 is 0. The van der Waals surface area contributed by atoms with E-state index in [1.165, 1.54) is 100 Å². The van der Waals surface area contributed by atoms with Gasteiger partial charge in [-0.3, -0.25) is 0 Å². The Labute approximate surface area is 423 Å². The quantitative estimate of drug-likeness (QED) is 0.154. The SMILES string of the molecule is CC1(C)c2ccccc2C2(c3ccccc3-c3ccccc32)c2cc(N(c3cccc(-c4ccccc4)c3)c3ccc4c(c3)C(c3ccccc3)(c3ccccc3)c3cc(-c5ccccc5)ccc3-4)ccc21. The summed E-state index contributed by atoms with van der Waals surface area (Å²) in [5.74, 6) is 0. The molecule has 11 aromatic carbocycles. The highest BCUT2D eigenvalue weighted by atomic mass is 15.1. The van der Waals surface area contributed by atoms with Crippen LogP contribution in [0, 0.1) is 0 Å². The Bertz CT molecular complexity index is 3800. The van der Waals surface area contributed by atoms with E-state index in [-0.39, 0.29) is 5.41 Å². The minimum absolute atomic E-state index is 0.261. The maximum atomic E-state index is 2.55. The van der Waals surface area contributed by atoms with E-state index in [1.807, 2.05) is 0 Å². The van der Waals surface area contributed by atoms with E-state index in [0.29, 0.717) is 0 Å². The Morgan fingerprint density at radius 1 is 0.236 bits per heavy atom. The predicted octanol–water partition coefficient (Wildman–Crippen LogP) is 17.9. The van der Waals surface area contributed by atoms with Gasteiger partial charge in [0, 0.05) is 22.5 Å². The fraction of sp³-hybridized carbons (Fsp3) is 0.0704. The van der Waals surface area contributed by atoms with Crippen molar-refractivity contribution in [2.45, 2.75) is 30.1 Å². The molecule has 0 amide bonds. The van der Waals surface area contributed by atoms with Gasteiger partial charge in [-0.1, -0.05) is 244 Å². The molecule has 11 aromatic rings. The fourth-order valence-electron chi connectivity index (χ4n) is 13.3. The van der Waals surface area contributed by atoms with Crippen LogP contribution in [0.1, 0.15) is 69.5 Å². The van der Waals surface area contributed by atoms with Gasteiger partial charge in [0.05, 0.1) is 10.8 Å². The molecule has 0 bridgehead atoms. The number of anilines is 3. The van der Waals surface area contributed by atoms with Crippen LogP contribution in [0.4, 0.5) is 17.1 Å². The molecule has 0 fully saturated rings. The molecule has 72 heavy (non-hydrogen) atoms. The van der Waals surface area contributed by atoms with Crippen LogP contribution in [0.3, 0.4) is 0 Å². The van der Waals surface area contributed by atoms with E-state index in [9.17, 15) is 0 Å². The Hall–Kier alpha value is -8.78. The lowest BCUT2D eigenvalue weighted by Crippen LogP contribution is -2.40. The summed E-state index contributed by atoms with van der Waals surface area (Å²) in [6, 6.07) is 102. The van der Waals surface area contributed by atoms with Crippen molar-refractivity contribution in [3.63, 3.8) is 0 Å². The molecule has 0 N–H and O–H groups in total. The van der Waals surface area contributed by atoms with Gasteiger partial charge in [-0.15, -0.1) is 0 Å². The van der Waals surface area contributed by atoms with Crippen molar-refractivity contribution in [1.29, 1.82) is 0 Å². The zero-order valence-corrected chi connectivity index (χ0v) is 40.4. The Morgan fingerprint density at radius 2 is 0.639 bits per heavy atom. The lowest BCUT2D eigenvalue weighted by Gasteiger charge is -2.47. The van der Waals surface area contributed by atoms with Crippen molar-refractivity contribution in [2.24, 2.45) is 0 Å². The standard InChI is InChI=1S/C71H51N/c1-69(2)63-36-19-20-37-65(63)71(61-34-17-15-32-57(61)58-33-16-18-35-62(58)71)68-47-56(40-43-64(68)69)72(54-31-21-26-50(44-54)48-22-7-3-8-23-48)55-39-42-60-59-41-38-51(49-24-9-4-10-25-49)45-66(59)70(67(60)46-55,52-27-11-5-12-28-52)53-29-13-6-14-30-53/h3-47H,1-2H3. The summed E-state index contributed by atoms with van der Waals surface area (Å²) in [6.45, 7) is 4.83. The van der Waals surface area contributed by atoms with Gasteiger partial charge in [0.15, 0.2) is 0 Å². The first-order valence-corrected chi connectivity index (χ1v) is 25.3. The number of rotatable bonds is 7. The molecule has 14 rings (SSSR count). The van der Waals surface area contributed by atoms with Crippen molar-refractivity contribution in [3.8, 4) is 44.5 Å². The summed E-state index contributed by atoms with van der Waals surface area (Å²) >= 11 is 0. The van der Waals surface area contributed by atoms with Gasteiger partial charge in [-0.05, 0) is 143 Å². The summed E-state index contributed by atoms with van der Waals surface area (Å²) in [6.07, 6.45) is 0. The lowest BCUT2D eigenvalue weighted by molar-refractivity contribution is 0.563. The van der Waals surface area contributed by atoms with E-state index in [4.69, 9.17) is 0 Å². The number of benzene rings is 11. The first kappa shape index (κ1) is 42.1. The predicted molar refractivity (Wildman–Crippen MR) is 299 cm³/mol. The van der Waals surface area contributed by atoms with E-state index in [2.05, 4.69) is 292 Å². The van der Waals surface area contributed by atoms with Crippen LogP contribution in [0.15, 0.2) is 273 Å². The van der Waals surface area contributed by atoms with Crippen molar-refractivity contribution >= 4 is 17.1 Å². The summed E-state index contributed by atoms with van der Waals surface area (Å²) in [5, 5.41) is 0. The van der Waals surface area contributed by atoms with Crippen LogP contribution in [0.2, 0.25) is 0 Å². The smallest absolute Gasteiger partial charge is 0.0720 e. The average Bonchev–Trinajstić information content (AvgIpc) is 3.91. The third kappa shape index (κ3) is 5.95. The number of nitrogens with zero attached hydrogens (tertiary/aromatic N) is 1. The van der Waals surface area contributed by atoms with Crippen LogP contribution in [-0.2, 0) is 16.2 Å². The van der Waals surface area contributed by atoms with Crippen LogP contribution in [0.5, 0.6) is 0 Å². The number of hydrogen-bond donors (Lipinski definition) is 0. The second-order valence-corrected chi connectivity index (χ2v) is 20.3. The Balaban J connectivity index is 1.06. The molecule has 1 spiro atoms. The van der Waals surface area contributed by atoms with Crippen molar-refractivity contribution in [1.82, 2.24) is 0 Å². The molecule has 0 heterocycles. The van der Waals surface area contributed by atoms with E-state index in [1.54, 1.807) is 0 Å². The van der Waals surface area contributed by atoms with Crippen molar-refractivity contribution < 1.29 is 0 Å². The maximum Gasteiger partial charge on any atom is 0.0720 e. The molecule has 340 valence electrons. The van der Waals surface area contributed by atoms with Crippen molar-refractivity contribution in [2.75, 3.05) is 4.90 Å². The minimum Gasteiger partial charge on any atom is -0.310 e. The molecule has 0 aromatic heterocycles. The summed E-state index contributed by atoms with van der Waals surface area (Å²) in [7, 11) is 0. The molecule has 3 aliphatic rings. The van der Waals surface area contributed by atoms with E-state index >= 15 is 0 Å². The van der Waals surface area contributed by atoms with Crippen molar-refractivity contribution in [3.05, 3.63) is 329 Å². The van der Waals surface area contributed by atoms with Crippen LogP contribution < -0.4 is 4.90 Å². The fourth-order valence-corrected chi connectivity index (χ4v) is 13.3. The molecule has 0 saturated heterocycles. The molecular weight excluding hydrogens is 867 g/mol. The maximum absolute atomic E-state index is 2.55. The zero-order valence-electron chi connectivity index (χ0n) is 40.4. The molecule has 1 heteroatoms. The topological polar surface area (TPSA) is 3.24 Å². The average molecular weight is 918 g/mol. The van der Waals surface area contributed by atoms with Gasteiger partial charge in [-0.2, -0.15) is 0 Å². The molecule has 0 saturated carbocycles.